The maximum absolute atomic E-state index is 13.0. The second-order valence-corrected chi connectivity index (χ2v) is 6.74. The number of carbonyl (C=O) groups is 1. The van der Waals surface area contributed by atoms with Gasteiger partial charge < -0.3 is 16.0 Å². The van der Waals surface area contributed by atoms with Crippen LogP contribution >= 0.6 is 23.8 Å². The molecule has 0 saturated heterocycles. The number of carbonyl (C=O) groups excluding carboxylic acids is 1. The Balaban J connectivity index is 1.97. The highest BCUT2D eigenvalue weighted by Gasteiger charge is 2.30. The molecule has 0 bridgehead atoms. The number of hydrogen-bond donors (Lipinski definition) is 3. The van der Waals surface area contributed by atoms with Gasteiger partial charge in [0.2, 0.25) is 0 Å². The second kappa shape index (κ2) is 7.25. The number of amides is 1. The third-order valence-corrected chi connectivity index (χ3v) is 4.55. The number of anilines is 1. The molecule has 2 aromatic carbocycles. The fourth-order valence-electron chi connectivity index (χ4n) is 2.90. The van der Waals surface area contributed by atoms with Crippen LogP contribution in [0.5, 0.6) is 0 Å². The smallest absolute Gasteiger partial charge is 0.255 e. The SMILES string of the molecule is CC1=C(C(=O)Nc2cccc(Cl)c2)[C@H](c2ccccc2C)NC(=S)N1. The highest BCUT2D eigenvalue weighted by molar-refractivity contribution is 7.80. The molecule has 3 N–H and O–H groups in total. The van der Waals surface area contributed by atoms with Gasteiger partial charge in [-0.1, -0.05) is 41.9 Å². The Morgan fingerprint density at radius 1 is 1.16 bits per heavy atom. The lowest BCUT2D eigenvalue weighted by Gasteiger charge is -2.31. The molecule has 25 heavy (non-hydrogen) atoms. The Morgan fingerprint density at radius 3 is 2.64 bits per heavy atom. The molecule has 1 amide bonds. The Kier molecular flexibility index (Phi) is 5.06. The van der Waals surface area contributed by atoms with Gasteiger partial charge in [-0.2, -0.15) is 0 Å². The summed E-state index contributed by atoms with van der Waals surface area (Å²) in [5.41, 5.74) is 4.08. The van der Waals surface area contributed by atoms with Crippen LogP contribution in [-0.2, 0) is 4.79 Å². The van der Waals surface area contributed by atoms with Crippen LogP contribution in [0, 0.1) is 6.92 Å². The summed E-state index contributed by atoms with van der Waals surface area (Å²) in [6.07, 6.45) is 0. The van der Waals surface area contributed by atoms with Gasteiger partial charge in [-0.3, -0.25) is 4.79 Å². The first-order valence-corrected chi connectivity index (χ1v) is 8.65. The zero-order valence-corrected chi connectivity index (χ0v) is 15.5. The van der Waals surface area contributed by atoms with Crippen LogP contribution in [0.4, 0.5) is 5.69 Å². The summed E-state index contributed by atoms with van der Waals surface area (Å²) in [4.78, 5) is 13.0. The zero-order chi connectivity index (χ0) is 18.0. The number of hydrogen-bond acceptors (Lipinski definition) is 2. The monoisotopic (exact) mass is 371 g/mol. The highest BCUT2D eigenvalue weighted by Crippen LogP contribution is 2.30. The average molecular weight is 372 g/mol. The van der Waals surface area contributed by atoms with Crippen LogP contribution in [-0.4, -0.2) is 11.0 Å². The number of benzene rings is 2. The summed E-state index contributed by atoms with van der Waals surface area (Å²) >= 11 is 11.3. The largest absolute Gasteiger partial charge is 0.351 e. The van der Waals surface area contributed by atoms with Crippen molar-refractivity contribution in [3.05, 3.63) is 76.0 Å². The van der Waals surface area contributed by atoms with Gasteiger partial charge in [-0.15, -0.1) is 0 Å². The third-order valence-electron chi connectivity index (χ3n) is 4.10. The molecule has 0 saturated carbocycles. The summed E-state index contributed by atoms with van der Waals surface area (Å²) in [5, 5.41) is 10.2. The zero-order valence-electron chi connectivity index (χ0n) is 13.9. The van der Waals surface area contributed by atoms with E-state index in [9.17, 15) is 4.79 Å². The van der Waals surface area contributed by atoms with E-state index < -0.39 is 0 Å². The van der Waals surface area contributed by atoms with Crippen molar-refractivity contribution in [2.24, 2.45) is 0 Å². The Hall–Kier alpha value is -2.37. The molecule has 0 unspecified atom stereocenters. The van der Waals surface area contributed by atoms with E-state index in [0.717, 1.165) is 16.8 Å². The summed E-state index contributed by atoms with van der Waals surface area (Å²) < 4.78 is 0. The molecule has 1 atom stereocenters. The molecule has 6 heteroatoms. The minimum Gasteiger partial charge on any atom is -0.351 e. The predicted molar refractivity (Wildman–Crippen MR) is 106 cm³/mol. The van der Waals surface area contributed by atoms with Crippen molar-refractivity contribution >= 4 is 40.5 Å². The molecule has 3 rings (SSSR count). The first-order valence-electron chi connectivity index (χ1n) is 7.86. The van der Waals surface area contributed by atoms with Crippen molar-refractivity contribution in [3.63, 3.8) is 0 Å². The standard InChI is InChI=1S/C19H18ClN3OS/c1-11-6-3-4-9-15(11)17-16(12(2)21-19(25)23-17)18(24)22-14-8-5-7-13(20)10-14/h3-10,17H,1-2H3,(H,22,24)(H2,21,23,25)/t17-/m0/s1. The summed E-state index contributed by atoms with van der Waals surface area (Å²) in [6.45, 7) is 3.87. The van der Waals surface area contributed by atoms with Crippen molar-refractivity contribution in [1.29, 1.82) is 0 Å². The van der Waals surface area contributed by atoms with Crippen molar-refractivity contribution in [3.8, 4) is 0 Å². The van der Waals surface area contributed by atoms with Gasteiger partial charge in [0.1, 0.15) is 0 Å². The van der Waals surface area contributed by atoms with Gasteiger partial charge >= 0.3 is 0 Å². The lowest BCUT2D eigenvalue weighted by Crippen LogP contribution is -2.46. The maximum Gasteiger partial charge on any atom is 0.255 e. The molecule has 1 aliphatic rings. The minimum absolute atomic E-state index is 0.199. The molecule has 0 fully saturated rings. The van der Waals surface area contributed by atoms with Gasteiger partial charge in [-0.25, -0.2) is 0 Å². The Labute approximate surface area is 157 Å². The number of rotatable bonds is 3. The number of nitrogens with one attached hydrogen (secondary N) is 3. The summed E-state index contributed by atoms with van der Waals surface area (Å²) in [5.74, 6) is -0.199. The number of aryl methyl sites for hydroxylation is 1. The fourth-order valence-corrected chi connectivity index (χ4v) is 3.36. The Bertz CT molecular complexity index is 878. The third kappa shape index (κ3) is 3.83. The van der Waals surface area contributed by atoms with Crippen molar-refractivity contribution in [2.75, 3.05) is 5.32 Å². The summed E-state index contributed by atoms with van der Waals surface area (Å²) in [7, 11) is 0. The van der Waals surface area contributed by atoms with Crippen molar-refractivity contribution < 1.29 is 4.79 Å². The fraction of sp³-hybridized carbons (Fsp3) is 0.158. The van der Waals surface area contributed by atoms with E-state index in [1.54, 1.807) is 24.3 Å². The normalized spacial score (nSPS) is 16.9. The molecule has 2 aromatic rings. The van der Waals surface area contributed by atoms with E-state index >= 15 is 0 Å². The average Bonchev–Trinajstić information content (AvgIpc) is 2.54. The van der Waals surface area contributed by atoms with Crippen LogP contribution in [0.15, 0.2) is 59.8 Å². The van der Waals surface area contributed by atoms with Gasteiger partial charge in [-0.05, 0) is 55.4 Å². The quantitative estimate of drug-likeness (QED) is 0.711. The molecular weight excluding hydrogens is 354 g/mol. The van der Waals surface area contributed by atoms with Gasteiger partial charge in [0, 0.05) is 16.4 Å². The van der Waals surface area contributed by atoms with E-state index in [1.807, 2.05) is 38.1 Å². The molecule has 1 heterocycles. The van der Waals surface area contributed by atoms with E-state index in [1.165, 1.54) is 0 Å². The highest BCUT2D eigenvalue weighted by atomic mass is 35.5. The van der Waals surface area contributed by atoms with Crippen LogP contribution in [0.3, 0.4) is 0 Å². The molecule has 0 aliphatic carbocycles. The minimum atomic E-state index is -0.311. The number of allylic oxidation sites excluding steroid dienone is 1. The first kappa shape index (κ1) is 17.5. The molecule has 0 aromatic heterocycles. The topological polar surface area (TPSA) is 53.2 Å². The Morgan fingerprint density at radius 2 is 1.92 bits per heavy atom. The molecule has 4 nitrogen and oxygen atoms in total. The van der Waals surface area contributed by atoms with Crippen LogP contribution in [0.2, 0.25) is 5.02 Å². The van der Waals surface area contributed by atoms with Crippen LogP contribution in [0.25, 0.3) is 0 Å². The van der Waals surface area contributed by atoms with Crippen LogP contribution < -0.4 is 16.0 Å². The molecule has 0 spiro atoms. The van der Waals surface area contributed by atoms with E-state index in [0.29, 0.717) is 21.4 Å². The van der Waals surface area contributed by atoms with E-state index in [-0.39, 0.29) is 11.9 Å². The molecule has 1 aliphatic heterocycles. The van der Waals surface area contributed by atoms with Gasteiger partial charge in [0.25, 0.3) is 5.91 Å². The first-order chi connectivity index (χ1) is 12.0. The second-order valence-electron chi connectivity index (χ2n) is 5.89. The van der Waals surface area contributed by atoms with Gasteiger partial charge in [0.15, 0.2) is 5.11 Å². The van der Waals surface area contributed by atoms with Crippen molar-refractivity contribution in [2.45, 2.75) is 19.9 Å². The number of thiocarbonyl (C=S) groups is 1. The lowest BCUT2D eigenvalue weighted by atomic mass is 9.92. The number of halogens is 1. The molecule has 128 valence electrons. The van der Waals surface area contributed by atoms with Crippen molar-refractivity contribution in [1.82, 2.24) is 10.6 Å². The predicted octanol–water partition coefficient (Wildman–Crippen LogP) is 4.08. The summed E-state index contributed by atoms with van der Waals surface area (Å²) in [6, 6.07) is 14.7. The molecular formula is C19H18ClN3OS. The van der Waals surface area contributed by atoms with E-state index in [4.69, 9.17) is 23.8 Å². The molecule has 0 radical (unpaired) electrons. The van der Waals surface area contributed by atoms with Gasteiger partial charge in [0.05, 0.1) is 11.6 Å². The van der Waals surface area contributed by atoms with E-state index in [2.05, 4.69) is 16.0 Å². The van der Waals surface area contributed by atoms with Crippen LogP contribution in [0.1, 0.15) is 24.1 Å². The lowest BCUT2D eigenvalue weighted by molar-refractivity contribution is -0.113. The maximum atomic E-state index is 13.0.